The van der Waals surface area contributed by atoms with Crippen molar-refractivity contribution in [3.8, 4) is 12.3 Å². The van der Waals surface area contributed by atoms with Crippen LogP contribution in [0.1, 0.15) is 6.42 Å². The second kappa shape index (κ2) is 2.39. The molecular formula is C6H7ClO. The predicted octanol–water partition coefficient (Wildman–Crippen LogP) is 1.02. The molecule has 0 unspecified atom stereocenters. The summed E-state index contributed by atoms with van der Waals surface area (Å²) in [6.07, 6.45) is 5.81. The number of terminal acetylenes is 1. The molecule has 0 aliphatic carbocycles. The van der Waals surface area contributed by atoms with Gasteiger partial charge in [-0.25, -0.2) is 0 Å². The Kier molecular flexibility index (Phi) is 1.77. The summed E-state index contributed by atoms with van der Waals surface area (Å²) in [7, 11) is 0. The number of alkyl halides is 1. The van der Waals surface area contributed by atoms with Crippen LogP contribution in [0.2, 0.25) is 0 Å². The minimum Gasteiger partial charge on any atom is -0.364 e. The van der Waals surface area contributed by atoms with Gasteiger partial charge in [-0.05, 0) is 6.42 Å². The van der Waals surface area contributed by atoms with E-state index in [1.807, 2.05) is 0 Å². The lowest BCUT2D eigenvalue weighted by molar-refractivity contribution is 0.153. The SMILES string of the molecule is C#C[C@H]1OCC[C@H]1Cl. The third kappa shape index (κ3) is 0.964. The highest BCUT2D eigenvalue weighted by atomic mass is 35.5. The van der Waals surface area contributed by atoms with Crippen molar-refractivity contribution in [2.45, 2.75) is 17.9 Å². The third-order valence-corrected chi connectivity index (χ3v) is 1.63. The largest absolute Gasteiger partial charge is 0.364 e. The summed E-state index contributed by atoms with van der Waals surface area (Å²) >= 11 is 5.71. The van der Waals surface area contributed by atoms with Gasteiger partial charge in [0.2, 0.25) is 0 Å². The Labute approximate surface area is 54.0 Å². The lowest BCUT2D eigenvalue weighted by Crippen LogP contribution is -2.11. The molecule has 0 spiro atoms. The van der Waals surface area contributed by atoms with Gasteiger partial charge in [0.1, 0.15) is 6.10 Å². The Morgan fingerprint density at radius 3 is 2.75 bits per heavy atom. The molecule has 0 N–H and O–H groups in total. The second-order valence-corrected chi connectivity index (χ2v) is 2.32. The highest BCUT2D eigenvalue weighted by Crippen LogP contribution is 2.17. The normalized spacial score (nSPS) is 37.0. The first-order valence-electron chi connectivity index (χ1n) is 2.56. The molecule has 1 rings (SSSR count). The zero-order valence-electron chi connectivity index (χ0n) is 4.43. The first-order valence-corrected chi connectivity index (χ1v) is 3.00. The van der Waals surface area contributed by atoms with Crippen molar-refractivity contribution in [3.05, 3.63) is 0 Å². The predicted molar refractivity (Wildman–Crippen MR) is 32.8 cm³/mol. The quantitative estimate of drug-likeness (QED) is 0.351. The highest BCUT2D eigenvalue weighted by Gasteiger charge is 2.23. The summed E-state index contributed by atoms with van der Waals surface area (Å²) in [6, 6.07) is 0. The van der Waals surface area contributed by atoms with Gasteiger partial charge in [-0.1, -0.05) is 5.92 Å². The van der Waals surface area contributed by atoms with Crippen molar-refractivity contribution in [1.29, 1.82) is 0 Å². The van der Waals surface area contributed by atoms with E-state index in [1.165, 1.54) is 0 Å². The molecule has 0 aromatic carbocycles. The number of halogens is 1. The Morgan fingerprint density at radius 1 is 1.75 bits per heavy atom. The fourth-order valence-corrected chi connectivity index (χ4v) is 0.950. The topological polar surface area (TPSA) is 9.23 Å². The number of rotatable bonds is 0. The average Bonchev–Trinajstić information content (AvgIpc) is 2.14. The van der Waals surface area contributed by atoms with E-state index in [0.717, 1.165) is 6.42 Å². The minimum atomic E-state index is -0.142. The van der Waals surface area contributed by atoms with Crippen LogP contribution in [0.5, 0.6) is 0 Å². The molecule has 1 heterocycles. The maximum Gasteiger partial charge on any atom is 0.134 e. The van der Waals surface area contributed by atoms with E-state index in [0.29, 0.717) is 6.61 Å². The van der Waals surface area contributed by atoms with E-state index in [9.17, 15) is 0 Å². The van der Waals surface area contributed by atoms with E-state index >= 15 is 0 Å². The summed E-state index contributed by atoms with van der Waals surface area (Å²) in [6.45, 7) is 0.711. The Morgan fingerprint density at radius 2 is 2.50 bits per heavy atom. The molecule has 0 amide bonds. The van der Waals surface area contributed by atoms with E-state index in [2.05, 4.69) is 5.92 Å². The molecule has 0 radical (unpaired) electrons. The van der Waals surface area contributed by atoms with Crippen LogP contribution in [0.3, 0.4) is 0 Å². The molecule has 8 heavy (non-hydrogen) atoms. The molecule has 0 saturated carbocycles. The molecular weight excluding hydrogens is 124 g/mol. The average molecular weight is 131 g/mol. The summed E-state index contributed by atoms with van der Waals surface area (Å²) < 4.78 is 5.05. The number of ether oxygens (including phenoxy) is 1. The van der Waals surface area contributed by atoms with Gasteiger partial charge in [0.25, 0.3) is 0 Å². The molecule has 2 atom stereocenters. The van der Waals surface area contributed by atoms with Gasteiger partial charge in [0.05, 0.1) is 5.38 Å². The molecule has 1 aliphatic heterocycles. The van der Waals surface area contributed by atoms with Crippen LogP contribution < -0.4 is 0 Å². The van der Waals surface area contributed by atoms with Crippen LogP contribution in [0.25, 0.3) is 0 Å². The third-order valence-electron chi connectivity index (χ3n) is 1.18. The van der Waals surface area contributed by atoms with Crippen LogP contribution >= 0.6 is 11.6 Å². The van der Waals surface area contributed by atoms with E-state index < -0.39 is 0 Å². The molecule has 0 aromatic rings. The highest BCUT2D eigenvalue weighted by molar-refractivity contribution is 6.21. The van der Waals surface area contributed by atoms with Crippen molar-refractivity contribution in [2.24, 2.45) is 0 Å². The zero-order valence-corrected chi connectivity index (χ0v) is 5.19. The van der Waals surface area contributed by atoms with Gasteiger partial charge in [-0.3, -0.25) is 0 Å². The van der Waals surface area contributed by atoms with Gasteiger partial charge in [0, 0.05) is 6.61 Å². The van der Waals surface area contributed by atoms with Gasteiger partial charge < -0.3 is 4.74 Å². The molecule has 1 fully saturated rings. The second-order valence-electron chi connectivity index (χ2n) is 1.76. The summed E-state index contributed by atoms with van der Waals surface area (Å²) in [5, 5.41) is 0.0417. The lowest BCUT2D eigenvalue weighted by Gasteiger charge is -2.01. The van der Waals surface area contributed by atoms with Crippen molar-refractivity contribution in [1.82, 2.24) is 0 Å². The summed E-state index contributed by atoms with van der Waals surface area (Å²) in [4.78, 5) is 0. The summed E-state index contributed by atoms with van der Waals surface area (Å²) in [5.74, 6) is 2.46. The molecule has 1 saturated heterocycles. The Balaban J connectivity index is 2.45. The zero-order chi connectivity index (χ0) is 5.98. The van der Waals surface area contributed by atoms with Gasteiger partial charge in [0.15, 0.2) is 0 Å². The summed E-state index contributed by atoms with van der Waals surface area (Å²) in [5.41, 5.74) is 0. The van der Waals surface area contributed by atoms with Crippen molar-refractivity contribution < 1.29 is 4.74 Å². The molecule has 1 aliphatic rings. The number of hydrogen-bond acceptors (Lipinski definition) is 1. The molecule has 44 valence electrons. The van der Waals surface area contributed by atoms with Gasteiger partial charge in [-0.15, -0.1) is 18.0 Å². The van der Waals surface area contributed by atoms with E-state index in [4.69, 9.17) is 22.8 Å². The monoisotopic (exact) mass is 130 g/mol. The molecule has 2 heteroatoms. The Bertz CT molecular complexity index is 116. The van der Waals surface area contributed by atoms with Gasteiger partial charge in [-0.2, -0.15) is 0 Å². The van der Waals surface area contributed by atoms with Crippen molar-refractivity contribution in [2.75, 3.05) is 6.61 Å². The first kappa shape index (κ1) is 5.94. The van der Waals surface area contributed by atoms with E-state index in [-0.39, 0.29) is 11.5 Å². The van der Waals surface area contributed by atoms with Crippen LogP contribution in [0, 0.1) is 12.3 Å². The van der Waals surface area contributed by atoms with Crippen LogP contribution in [-0.2, 0) is 4.74 Å². The maximum atomic E-state index is 5.71. The Hall–Kier alpha value is -0.190. The number of hydrogen-bond donors (Lipinski definition) is 0. The molecule has 0 aromatic heterocycles. The standard InChI is InChI=1S/C6H7ClO/c1-2-6-5(7)3-4-8-6/h1,5-6H,3-4H2/t5-,6-/m1/s1. The van der Waals surface area contributed by atoms with Crippen molar-refractivity contribution >= 4 is 11.6 Å². The maximum absolute atomic E-state index is 5.71. The van der Waals surface area contributed by atoms with E-state index in [1.54, 1.807) is 0 Å². The minimum absolute atomic E-state index is 0.0417. The van der Waals surface area contributed by atoms with Crippen molar-refractivity contribution in [3.63, 3.8) is 0 Å². The first-order chi connectivity index (χ1) is 3.84. The fraction of sp³-hybridized carbons (Fsp3) is 0.667. The smallest absolute Gasteiger partial charge is 0.134 e. The van der Waals surface area contributed by atoms with Crippen LogP contribution in [-0.4, -0.2) is 18.1 Å². The molecule has 0 bridgehead atoms. The van der Waals surface area contributed by atoms with Crippen LogP contribution in [0.4, 0.5) is 0 Å². The lowest BCUT2D eigenvalue weighted by atomic mass is 10.2. The fourth-order valence-electron chi connectivity index (χ4n) is 0.716. The molecule has 1 nitrogen and oxygen atoms in total. The van der Waals surface area contributed by atoms with Gasteiger partial charge >= 0.3 is 0 Å². The van der Waals surface area contributed by atoms with Crippen LogP contribution in [0.15, 0.2) is 0 Å².